The summed E-state index contributed by atoms with van der Waals surface area (Å²) in [5, 5.41) is 3.03. The van der Waals surface area contributed by atoms with Crippen LogP contribution in [-0.2, 0) is 9.53 Å². The number of nitrogens with one attached hydrogen (secondary N) is 1. The number of hydrogen-bond donors (Lipinski definition) is 2. The minimum absolute atomic E-state index is 0.00912. The van der Waals surface area contributed by atoms with Crippen molar-refractivity contribution in [2.75, 3.05) is 0 Å². The molecule has 19 heavy (non-hydrogen) atoms. The van der Waals surface area contributed by atoms with E-state index in [1.807, 2.05) is 6.92 Å². The molecule has 1 aliphatic rings. The molecule has 0 heterocycles. The Hall–Kier alpha value is -0.610. The summed E-state index contributed by atoms with van der Waals surface area (Å²) in [6.45, 7) is 6.00. The van der Waals surface area contributed by atoms with Crippen LogP contribution in [0.1, 0.15) is 65.7 Å². The van der Waals surface area contributed by atoms with Crippen LogP contribution in [-0.4, -0.2) is 30.2 Å². The van der Waals surface area contributed by atoms with Crippen LogP contribution >= 0.6 is 0 Å². The van der Waals surface area contributed by atoms with Crippen LogP contribution < -0.4 is 11.1 Å². The minimum Gasteiger partial charge on any atom is -0.364 e. The average molecular weight is 270 g/mol. The van der Waals surface area contributed by atoms with E-state index in [1.165, 1.54) is 12.8 Å². The molecule has 0 aliphatic heterocycles. The van der Waals surface area contributed by atoms with Gasteiger partial charge < -0.3 is 15.8 Å². The first-order valence-electron chi connectivity index (χ1n) is 7.79. The molecule has 1 rings (SSSR count). The Morgan fingerprint density at radius 1 is 1.26 bits per heavy atom. The van der Waals surface area contributed by atoms with Gasteiger partial charge in [-0.05, 0) is 32.6 Å². The van der Waals surface area contributed by atoms with Crippen LogP contribution in [0.3, 0.4) is 0 Å². The van der Waals surface area contributed by atoms with Crippen LogP contribution in [0.25, 0.3) is 0 Å². The molecule has 0 bridgehead atoms. The van der Waals surface area contributed by atoms with Gasteiger partial charge in [0, 0.05) is 12.1 Å². The zero-order valence-electron chi connectivity index (χ0n) is 12.7. The molecule has 4 nitrogen and oxygen atoms in total. The van der Waals surface area contributed by atoms with E-state index >= 15 is 0 Å². The van der Waals surface area contributed by atoms with Crippen molar-refractivity contribution >= 4 is 5.91 Å². The topological polar surface area (TPSA) is 64.3 Å². The van der Waals surface area contributed by atoms with Gasteiger partial charge in [0.25, 0.3) is 0 Å². The van der Waals surface area contributed by atoms with Crippen LogP contribution in [0.5, 0.6) is 0 Å². The van der Waals surface area contributed by atoms with E-state index in [0.717, 1.165) is 32.1 Å². The van der Waals surface area contributed by atoms with E-state index in [9.17, 15) is 4.79 Å². The summed E-state index contributed by atoms with van der Waals surface area (Å²) in [5.74, 6) is -0.00912. The summed E-state index contributed by atoms with van der Waals surface area (Å²) in [7, 11) is 0. The highest BCUT2D eigenvalue weighted by Crippen LogP contribution is 2.20. The Bertz CT molecular complexity index is 267. The second-order valence-electron chi connectivity index (χ2n) is 5.64. The highest BCUT2D eigenvalue weighted by molar-refractivity contribution is 5.80. The van der Waals surface area contributed by atoms with Crippen LogP contribution in [0.4, 0.5) is 0 Å². The van der Waals surface area contributed by atoms with Gasteiger partial charge in [0.05, 0.1) is 6.10 Å². The maximum Gasteiger partial charge on any atom is 0.249 e. The predicted octanol–water partition coefficient (Wildman–Crippen LogP) is 2.36. The molecule has 0 radical (unpaired) electrons. The maximum atomic E-state index is 12.1. The molecule has 0 aromatic heterocycles. The van der Waals surface area contributed by atoms with Crippen molar-refractivity contribution in [2.45, 2.75) is 90.0 Å². The molecule has 0 aromatic carbocycles. The summed E-state index contributed by atoms with van der Waals surface area (Å²) in [6, 6.07) is 0.326. The number of rotatable bonds is 6. The van der Waals surface area contributed by atoms with Gasteiger partial charge in [-0.3, -0.25) is 4.79 Å². The quantitative estimate of drug-likeness (QED) is 0.728. The molecule has 1 saturated carbocycles. The largest absolute Gasteiger partial charge is 0.364 e. The summed E-state index contributed by atoms with van der Waals surface area (Å²) >= 11 is 0. The van der Waals surface area contributed by atoms with E-state index < -0.39 is 6.10 Å². The zero-order valence-corrected chi connectivity index (χ0v) is 12.7. The monoisotopic (exact) mass is 270 g/mol. The number of ether oxygens (including phenoxy) is 1. The third-order valence-electron chi connectivity index (χ3n) is 4.08. The van der Waals surface area contributed by atoms with Gasteiger partial charge in [-0.2, -0.15) is 0 Å². The van der Waals surface area contributed by atoms with Gasteiger partial charge in [-0.25, -0.2) is 0 Å². The van der Waals surface area contributed by atoms with Crippen LogP contribution in [0, 0.1) is 0 Å². The third kappa shape index (κ3) is 5.49. The number of carbonyl (C=O) groups excluding carboxylic acids is 1. The first-order chi connectivity index (χ1) is 9.08. The molecule has 3 unspecified atom stereocenters. The minimum atomic E-state index is -0.408. The molecule has 0 aromatic rings. The first kappa shape index (κ1) is 16.4. The van der Waals surface area contributed by atoms with Crippen molar-refractivity contribution in [1.82, 2.24) is 5.32 Å². The van der Waals surface area contributed by atoms with Gasteiger partial charge in [-0.1, -0.05) is 33.1 Å². The second kappa shape index (κ2) is 8.54. The van der Waals surface area contributed by atoms with Gasteiger partial charge >= 0.3 is 0 Å². The number of carbonyl (C=O) groups is 1. The van der Waals surface area contributed by atoms with E-state index in [0.29, 0.717) is 0 Å². The smallest absolute Gasteiger partial charge is 0.249 e. The predicted molar refractivity (Wildman–Crippen MR) is 77.9 cm³/mol. The molecule has 0 spiro atoms. The first-order valence-corrected chi connectivity index (χ1v) is 7.79. The second-order valence-corrected chi connectivity index (χ2v) is 5.64. The summed E-state index contributed by atoms with van der Waals surface area (Å²) in [6.07, 6.45) is 7.07. The molecule has 4 heteroatoms. The third-order valence-corrected chi connectivity index (χ3v) is 4.08. The van der Waals surface area contributed by atoms with E-state index in [1.54, 1.807) is 0 Å². The van der Waals surface area contributed by atoms with Crippen molar-refractivity contribution in [1.29, 1.82) is 0 Å². The van der Waals surface area contributed by atoms with Crippen LogP contribution in [0.2, 0.25) is 0 Å². The van der Waals surface area contributed by atoms with Gasteiger partial charge in [0.2, 0.25) is 5.91 Å². The molecular weight excluding hydrogens is 240 g/mol. The normalized spacial score (nSPS) is 25.9. The SMILES string of the molecule is CCC(CC)NC(=O)C(C)OC1CCCCCC1N. The molecular formula is C15H30N2O2. The maximum absolute atomic E-state index is 12.1. The molecule has 1 fully saturated rings. The van der Waals surface area contributed by atoms with Crippen molar-refractivity contribution in [3.63, 3.8) is 0 Å². The molecule has 3 atom stereocenters. The highest BCUT2D eigenvalue weighted by atomic mass is 16.5. The van der Waals surface area contributed by atoms with E-state index in [2.05, 4.69) is 19.2 Å². The van der Waals surface area contributed by atoms with Gasteiger partial charge in [0.15, 0.2) is 0 Å². The van der Waals surface area contributed by atoms with Crippen molar-refractivity contribution in [3.8, 4) is 0 Å². The molecule has 1 amide bonds. The van der Waals surface area contributed by atoms with E-state index in [-0.39, 0.29) is 24.1 Å². The lowest BCUT2D eigenvalue weighted by Crippen LogP contribution is -2.45. The van der Waals surface area contributed by atoms with Crippen LogP contribution in [0.15, 0.2) is 0 Å². The Balaban J connectivity index is 2.43. The van der Waals surface area contributed by atoms with Gasteiger partial charge in [-0.15, -0.1) is 0 Å². The standard InChI is InChI=1S/C15H30N2O2/c1-4-12(5-2)17-15(18)11(3)19-14-10-8-6-7-9-13(14)16/h11-14H,4-10,16H2,1-3H3,(H,17,18). The number of hydrogen-bond acceptors (Lipinski definition) is 3. The van der Waals surface area contributed by atoms with Crippen molar-refractivity contribution < 1.29 is 9.53 Å². The Labute approximate surface area is 117 Å². The Kier molecular flexibility index (Phi) is 7.39. The van der Waals surface area contributed by atoms with Crippen molar-refractivity contribution in [2.24, 2.45) is 5.73 Å². The van der Waals surface area contributed by atoms with E-state index in [4.69, 9.17) is 10.5 Å². The molecule has 3 N–H and O–H groups in total. The lowest BCUT2D eigenvalue weighted by atomic mass is 10.1. The zero-order chi connectivity index (χ0) is 14.3. The molecule has 0 saturated heterocycles. The summed E-state index contributed by atoms with van der Waals surface area (Å²) < 4.78 is 5.90. The summed E-state index contributed by atoms with van der Waals surface area (Å²) in [4.78, 5) is 12.1. The fourth-order valence-corrected chi connectivity index (χ4v) is 2.61. The van der Waals surface area contributed by atoms with Gasteiger partial charge in [0.1, 0.15) is 6.10 Å². The molecule has 112 valence electrons. The lowest BCUT2D eigenvalue weighted by Gasteiger charge is -2.26. The number of amides is 1. The Morgan fingerprint density at radius 2 is 1.89 bits per heavy atom. The fourth-order valence-electron chi connectivity index (χ4n) is 2.61. The fraction of sp³-hybridized carbons (Fsp3) is 0.933. The highest BCUT2D eigenvalue weighted by Gasteiger charge is 2.26. The Morgan fingerprint density at radius 3 is 2.53 bits per heavy atom. The average Bonchev–Trinajstić information content (AvgIpc) is 2.61. The lowest BCUT2D eigenvalue weighted by molar-refractivity contribution is -0.137. The summed E-state index contributed by atoms with van der Waals surface area (Å²) in [5.41, 5.74) is 6.12. The van der Waals surface area contributed by atoms with Crippen molar-refractivity contribution in [3.05, 3.63) is 0 Å². The molecule has 1 aliphatic carbocycles. The number of nitrogens with two attached hydrogens (primary N) is 1.